The smallest absolute Gasteiger partial charge is 0.226 e. The number of hydrogen-bond acceptors (Lipinski definition) is 9. The van der Waals surface area contributed by atoms with Crippen molar-refractivity contribution in [2.75, 3.05) is 24.6 Å². The number of carbonyl (C=O) groups excluding carboxylic acids is 1. The first kappa shape index (κ1) is 20.0. The highest BCUT2D eigenvalue weighted by molar-refractivity contribution is 6.28. The standard InChI is InChI=1S/C21H20ClN5O5/c22-20-24-17(26-7-21(8-26)5-10-3-1-2-4-11(10)16(21)31)13-18(25-20)27(9-23-13)19-15(30)14(29)12(6-28)32-19/h1-4,9,12,14-15,19,28-30H,5-8H2/t12-,14?,15+,19-/m1/s1. The molecule has 4 atom stereocenters. The molecule has 2 aromatic heterocycles. The lowest BCUT2D eigenvalue weighted by Crippen LogP contribution is -2.60. The molecule has 1 spiro atoms. The number of hydrogen-bond donors (Lipinski definition) is 3. The van der Waals surface area contributed by atoms with Crippen molar-refractivity contribution in [3.63, 3.8) is 0 Å². The van der Waals surface area contributed by atoms with Crippen LogP contribution in [0.3, 0.4) is 0 Å². The van der Waals surface area contributed by atoms with E-state index in [1.807, 2.05) is 29.2 Å². The summed E-state index contributed by atoms with van der Waals surface area (Å²) in [6, 6.07) is 7.69. The van der Waals surface area contributed by atoms with E-state index in [2.05, 4.69) is 15.0 Å². The zero-order valence-electron chi connectivity index (χ0n) is 16.8. The molecular weight excluding hydrogens is 438 g/mol. The fraction of sp³-hybridized carbons (Fsp3) is 0.429. The lowest BCUT2D eigenvalue weighted by atomic mass is 9.76. The van der Waals surface area contributed by atoms with E-state index in [1.54, 1.807) is 0 Å². The summed E-state index contributed by atoms with van der Waals surface area (Å²) in [5.41, 5.74) is 2.16. The molecule has 10 nitrogen and oxygen atoms in total. The van der Waals surface area contributed by atoms with Gasteiger partial charge in [-0.2, -0.15) is 9.97 Å². The summed E-state index contributed by atoms with van der Waals surface area (Å²) in [5, 5.41) is 29.8. The number of aliphatic hydroxyl groups is 3. The second-order valence-electron chi connectivity index (χ2n) is 8.67. The predicted octanol–water partition coefficient (Wildman–Crippen LogP) is 0.337. The lowest BCUT2D eigenvalue weighted by Gasteiger charge is -2.47. The Morgan fingerprint density at radius 1 is 1.19 bits per heavy atom. The van der Waals surface area contributed by atoms with E-state index in [0.29, 0.717) is 36.5 Å². The largest absolute Gasteiger partial charge is 0.394 e. The number of rotatable bonds is 3. The average molecular weight is 458 g/mol. The molecule has 2 fully saturated rings. The first-order chi connectivity index (χ1) is 15.4. The second kappa shape index (κ2) is 6.93. The van der Waals surface area contributed by atoms with Crippen LogP contribution in [0.2, 0.25) is 5.28 Å². The van der Waals surface area contributed by atoms with Crippen molar-refractivity contribution in [2.45, 2.75) is 31.0 Å². The molecule has 2 aliphatic heterocycles. The molecule has 1 aliphatic carbocycles. The van der Waals surface area contributed by atoms with Gasteiger partial charge >= 0.3 is 0 Å². The van der Waals surface area contributed by atoms with Crippen LogP contribution in [0, 0.1) is 5.41 Å². The van der Waals surface area contributed by atoms with Crippen LogP contribution in [0.4, 0.5) is 5.82 Å². The molecule has 0 saturated carbocycles. The molecule has 4 heterocycles. The van der Waals surface area contributed by atoms with Gasteiger partial charge in [0.05, 0.1) is 18.3 Å². The van der Waals surface area contributed by atoms with Crippen LogP contribution in [-0.4, -0.2) is 78.6 Å². The maximum Gasteiger partial charge on any atom is 0.226 e. The van der Waals surface area contributed by atoms with Crippen molar-refractivity contribution in [3.05, 3.63) is 47.0 Å². The molecule has 1 aromatic carbocycles. The number of imidazole rings is 1. The molecule has 0 amide bonds. The highest BCUT2D eigenvalue weighted by atomic mass is 35.5. The summed E-state index contributed by atoms with van der Waals surface area (Å²) in [6.07, 6.45) is -2.30. The second-order valence-corrected chi connectivity index (χ2v) is 9.01. The van der Waals surface area contributed by atoms with Crippen molar-refractivity contribution in [1.82, 2.24) is 19.5 Å². The summed E-state index contributed by atoms with van der Waals surface area (Å²) in [6.45, 7) is 0.544. The van der Waals surface area contributed by atoms with Crippen LogP contribution in [0.1, 0.15) is 22.1 Å². The Hall–Kier alpha value is -2.63. The van der Waals surface area contributed by atoms with Gasteiger partial charge in [-0.15, -0.1) is 0 Å². The van der Waals surface area contributed by atoms with Crippen molar-refractivity contribution < 1.29 is 24.9 Å². The van der Waals surface area contributed by atoms with Crippen LogP contribution in [0.15, 0.2) is 30.6 Å². The molecule has 166 valence electrons. The molecule has 11 heteroatoms. The fourth-order valence-corrected chi connectivity index (χ4v) is 5.27. The van der Waals surface area contributed by atoms with Gasteiger partial charge in [0.2, 0.25) is 5.28 Å². The zero-order chi connectivity index (χ0) is 22.2. The molecule has 6 rings (SSSR count). The molecule has 3 N–H and O–H groups in total. The first-order valence-corrected chi connectivity index (χ1v) is 10.7. The minimum Gasteiger partial charge on any atom is -0.394 e. The topological polar surface area (TPSA) is 134 Å². The molecular formula is C21H20ClN5O5. The fourth-order valence-electron chi connectivity index (χ4n) is 5.11. The molecule has 32 heavy (non-hydrogen) atoms. The third kappa shape index (κ3) is 2.67. The van der Waals surface area contributed by atoms with E-state index in [9.17, 15) is 20.1 Å². The number of Topliss-reactive ketones (excluding diaryl/α,β-unsaturated/α-hetero) is 1. The number of benzene rings is 1. The van der Waals surface area contributed by atoms with E-state index >= 15 is 0 Å². The van der Waals surface area contributed by atoms with Gasteiger partial charge in [-0.25, -0.2) is 4.98 Å². The number of ether oxygens (including phenoxy) is 1. The number of carbonyl (C=O) groups is 1. The Bertz CT molecular complexity index is 1240. The SMILES string of the molecule is O=C1c2ccccc2CC12CN(c1nc(Cl)nc3c1ncn3[C@@H]1O[C@H](CO)C(O)[C@@H]1O)C2. The summed E-state index contributed by atoms with van der Waals surface area (Å²) < 4.78 is 7.08. The van der Waals surface area contributed by atoms with Gasteiger partial charge in [0.25, 0.3) is 0 Å². The number of ketones is 1. The molecule has 2 saturated heterocycles. The Morgan fingerprint density at radius 3 is 2.69 bits per heavy atom. The van der Waals surface area contributed by atoms with Gasteiger partial charge in [0.1, 0.15) is 18.3 Å². The molecule has 3 aromatic rings. The van der Waals surface area contributed by atoms with Gasteiger partial charge in [-0.1, -0.05) is 24.3 Å². The van der Waals surface area contributed by atoms with Gasteiger partial charge in [-0.3, -0.25) is 9.36 Å². The Labute approximate surface area is 187 Å². The van der Waals surface area contributed by atoms with Crippen LogP contribution in [0.25, 0.3) is 11.2 Å². The highest BCUT2D eigenvalue weighted by Gasteiger charge is 2.54. The number of aliphatic hydroxyl groups excluding tert-OH is 3. The normalized spacial score (nSPS) is 28.5. The third-order valence-corrected chi connectivity index (χ3v) is 6.90. The van der Waals surface area contributed by atoms with Crippen LogP contribution >= 0.6 is 11.6 Å². The Kier molecular flexibility index (Phi) is 4.33. The minimum atomic E-state index is -1.27. The van der Waals surface area contributed by atoms with Crippen molar-refractivity contribution in [2.24, 2.45) is 5.41 Å². The predicted molar refractivity (Wildman–Crippen MR) is 112 cm³/mol. The van der Waals surface area contributed by atoms with Crippen LogP contribution in [0.5, 0.6) is 0 Å². The highest BCUT2D eigenvalue weighted by Crippen LogP contribution is 2.46. The van der Waals surface area contributed by atoms with Crippen LogP contribution in [-0.2, 0) is 11.2 Å². The summed E-state index contributed by atoms with van der Waals surface area (Å²) in [4.78, 5) is 28.0. The van der Waals surface area contributed by atoms with E-state index in [-0.39, 0.29) is 11.1 Å². The van der Waals surface area contributed by atoms with Gasteiger partial charge in [-0.05, 0) is 23.6 Å². The summed E-state index contributed by atoms with van der Waals surface area (Å²) in [7, 11) is 0. The number of fused-ring (bicyclic) bond motifs is 2. The van der Waals surface area contributed by atoms with E-state index in [4.69, 9.17) is 16.3 Å². The van der Waals surface area contributed by atoms with Crippen molar-refractivity contribution in [3.8, 4) is 0 Å². The van der Waals surface area contributed by atoms with Crippen LogP contribution < -0.4 is 4.90 Å². The Balaban J connectivity index is 1.32. The number of nitrogens with zero attached hydrogens (tertiary/aromatic N) is 5. The average Bonchev–Trinajstić information content (AvgIpc) is 3.40. The maximum atomic E-state index is 13.0. The van der Waals surface area contributed by atoms with Gasteiger partial charge < -0.3 is 25.0 Å². The van der Waals surface area contributed by atoms with E-state index in [0.717, 1.165) is 11.1 Å². The van der Waals surface area contributed by atoms with E-state index < -0.39 is 36.6 Å². The number of halogens is 1. The number of anilines is 1. The maximum absolute atomic E-state index is 13.0. The summed E-state index contributed by atoms with van der Waals surface area (Å²) >= 11 is 6.21. The summed E-state index contributed by atoms with van der Waals surface area (Å²) in [5.74, 6) is 0.651. The van der Waals surface area contributed by atoms with Crippen molar-refractivity contribution >= 4 is 34.4 Å². The molecule has 0 radical (unpaired) electrons. The molecule has 1 unspecified atom stereocenters. The van der Waals surface area contributed by atoms with Crippen molar-refractivity contribution in [1.29, 1.82) is 0 Å². The zero-order valence-corrected chi connectivity index (χ0v) is 17.6. The third-order valence-electron chi connectivity index (χ3n) is 6.73. The lowest BCUT2D eigenvalue weighted by molar-refractivity contribution is -0.0511. The molecule has 0 bridgehead atoms. The minimum absolute atomic E-state index is 0.0111. The first-order valence-electron chi connectivity index (χ1n) is 10.3. The monoisotopic (exact) mass is 457 g/mol. The van der Waals surface area contributed by atoms with Gasteiger partial charge in [0.15, 0.2) is 29.0 Å². The quantitative estimate of drug-likeness (QED) is 0.476. The molecule has 3 aliphatic rings. The number of aromatic nitrogens is 4. The Morgan fingerprint density at radius 2 is 1.97 bits per heavy atom. The van der Waals surface area contributed by atoms with Gasteiger partial charge in [0, 0.05) is 18.7 Å². The van der Waals surface area contributed by atoms with E-state index in [1.165, 1.54) is 10.9 Å².